The second-order valence-electron chi connectivity index (χ2n) is 3.12. The molecule has 2 rings (SSSR count). The van der Waals surface area contributed by atoms with Crippen LogP contribution in [0.5, 0.6) is 5.75 Å². The molecular weight excluding hydrogens is 218 g/mol. The number of rotatable bonds is 0. The summed E-state index contributed by atoms with van der Waals surface area (Å²) in [5.74, 6) is 0.283. The van der Waals surface area contributed by atoms with Crippen molar-refractivity contribution in [3.05, 3.63) is 27.7 Å². The SMILES string of the molecule is N[C@H]1CCc2ccc(O)c(Br)c21. The number of nitrogens with two attached hydrogens (primary N) is 1. The Labute approximate surface area is 79.5 Å². The highest BCUT2D eigenvalue weighted by Gasteiger charge is 2.22. The average molecular weight is 228 g/mol. The van der Waals surface area contributed by atoms with Crippen LogP contribution in [0, 0.1) is 0 Å². The molecule has 0 radical (unpaired) electrons. The zero-order valence-corrected chi connectivity index (χ0v) is 8.13. The van der Waals surface area contributed by atoms with Crippen molar-refractivity contribution in [3.63, 3.8) is 0 Å². The molecule has 0 aromatic heterocycles. The van der Waals surface area contributed by atoms with Crippen molar-refractivity contribution in [3.8, 4) is 5.75 Å². The van der Waals surface area contributed by atoms with Gasteiger partial charge in [-0.2, -0.15) is 0 Å². The monoisotopic (exact) mass is 227 g/mol. The van der Waals surface area contributed by atoms with Crippen LogP contribution in [0.15, 0.2) is 16.6 Å². The van der Waals surface area contributed by atoms with E-state index < -0.39 is 0 Å². The van der Waals surface area contributed by atoms with E-state index >= 15 is 0 Å². The topological polar surface area (TPSA) is 46.2 Å². The van der Waals surface area contributed by atoms with E-state index in [1.54, 1.807) is 6.07 Å². The highest BCUT2D eigenvalue weighted by atomic mass is 79.9. The Morgan fingerprint density at radius 3 is 3.00 bits per heavy atom. The molecule has 0 saturated heterocycles. The number of fused-ring (bicyclic) bond motifs is 1. The third kappa shape index (κ3) is 1.04. The minimum Gasteiger partial charge on any atom is -0.507 e. The molecule has 3 N–H and O–H groups in total. The fraction of sp³-hybridized carbons (Fsp3) is 0.333. The standard InChI is InChI=1S/C9H10BrNO/c10-9-7(12)4-2-5-1-3-6(11)8(5)9/h2,4,6,12H,1,3,11H2/t6-/m0/s1. The Bertz CT molecular complexity index is 325. The first-order valence-electron chi connectivity index (χ1n) is 3.96. The van der Waals surface area contributed by atoms with Gasteiger partial charge in [-0.05, 0) is 46.0 Å². The van der Waals surface area contributed by atoms with Crippen molar-refractivity contribution >= 4 is 15.9 Å². The number of hydrogen-bond acceptors (Lipinski definition) is 2. The largest absolute Gasteiger partial charge is 0.507 e. The van der Waals surface area contributed by atoms with Gasteiger partial charge in [-0.15, -0.1) is 0 Å². The first kappa shape index (κ1) is 8.08. The van der Waals surface area contributed by atoms with Gasteiger partial charge >= 0.3 is 0 Å². The highest BCUT2D eigenvalue weighted by Crippen LogP contribution is 2.39. The lowest BCUT2D eigenvalue weighted by molar-refractivity contribution is 0.470. The van der Waals surface area contributed by atoms with Gasteiger partial charge in [0.1, 0.15) is 5.75 Å². The third-order valence-electron chi connectivity index (χ3n) is 2.35. The van der Waals surface area contributed by atoms with Crippen LogP contribution in [-0.4, -0.2) is 5.11 Å². The lowest BCUT2D eigenvalue weighted by Crippen LogP contribution is -2.05. The Morgan fingerprint density at radius 2 is 2.25 bits per heavy atom. The van der Waals surface area contributed by atoms with Crippen molar-refractivity contribution in [1.29, 1.82) is 0 Å². The van der Waals surface area contributed by atoms with Crippen molar-refractivity contribution in [1.82, 2.24) is 0 Å². The number of halogens is 1. The van der Waals surface area contributed by atoms with Gasteiger partial charge in [0.2, 0.25) is 0 Å². The Kier molecular flexibility index (Phi) is 1.85. The van der Waals surface area contributed by atoms with Gasteiger partial charge in [-0.1, -0.05) is 6.07 Å². The summed E-state index contributed by atoms with van der Waals surface area (Å²) < 4.78 is 0.769. The lowest BCUT2D eigenvalue weighted by Gasteiger charge is -2.08. The first-order valence-corrected chi connectivity index (χ1v) is 4.75. The second-order valence-corrected chi connectivity index (χ2v) is 3.91. The molecule has 64 valence electrons. The number of aromatic hydroxyl groups is 1. The van der Waals surface area contributed by atoms with Crippen LogP contribution < -0.4 is 5.73 Å². The molecule has 2 nitrogen and oxygen atoms in total. The number of phenols is 1. The Hall–Kier alpha value is -0.540. The quantitative estimate of drug-likeness (QED) is 0.714. The molecule has 0 saturated carbocycles. The summed E-state index contributed by atoms with van der Waals surface area (Å²) >= 11 is 3.34. The number of hydrogen-bond donors (Lipinski definition) is 2. The summed E-state index contributed by atoms with van der Waals surface area (Å²) in [6, 6.07) is 3.74. The van der Waals surface area contributed by atoms with Gasteiger partial charge < -0.3 is 10.8 Å². The molecule has 0 fully saturated rings. The van der Waals surface area contributed by atoms with E-state index in [-0.39, 0.29) is 11.8 Å². The minimum absolute atomic E-state index is 0.0847. The fourth-order valence-corrected chi connectivity index (χ4v) is 2.38. The maximum atomic E-state index is 9.40. The van der Waals surface area contributed by atoms with Crippen LogP contribution >= 0.6 is 15.9 Å². The molecule has 1 aromatic rings. The van der Waals surface area contributed by atoms with E-state index in [9.17, 15) is 5.11 Å². The van der Waals surface area contributed by atoms with Gasteiger partial charge in [0, 0.05) is 6.04 Å². The van der Waals surface area contributed by atoms with E-state index in [4.69, 9.17) is 5.73 Å². The zero-order chi connectivity index (χ0) is 8.72. The average Bonchev–Trinajstić information content (AvgIpc) is 2.41. The number of benzene rings is 1. The van der Waals surface area contributed by atoms with Crippen LogP contribution in [0.25, 0.3) is 0 Å². The second kappa shape index (κ2) is 2.75. The van der Waals surface area contributed by atoms with Gasteiger partial charge in [0.25, 0.3) is 0 Å². The summed E-state index contributed by atoms with van der Waals surface area (Å²) in [7, 11) is 0. The molecule has 0 spiro atoms. The van der Waals surface area contributed by atoms with Crippen LogP contribution in [0.3, 0.4) is 0 Å². The Balaban J connectivity index is 2.63. The minimum atomic E-state index is 0.0847. The number of phenolic OH excluding ortho intramolecular Hbond substituents is 1. The lowest BCUT2D eigenvalue weighted by atomic mass is 10.1. The summed E-state index contributed by atoms with van der Waals surface area (Å²) in [5, 5.41) is 9.40. The van der Waals surface area contributed by atoms with Crippen LogP contribution in [-0.2, 0) is 6.42 Å². The zero-order valence-electron chi connectivity index (χ0n) is 6.55. The van der Waals surface area contributed by atoms with Crippen LogP contribution in [0.1, 0.15) is 23.6 Å². The Morgan fingerprint density at radius 1 is 1.50 bits per heavy atom. The van der Waals surface area contributed by atoms with Gasteiger partial charge in [-0.3, -0.25) is 0 Å². The molecule has 12 heavy (non-hydrogen) atoms. The summed E-state index contributed by atoms with van der Waals surface area (Å²) in [6.45, 7) is 0. The predicted octanol–water partition coefficient (Wildman–Crippen LogP) is 2.10. The smallest absolute Gasteiger partial charge is 0.130 e. The molecule has 0 unspecified atom stereocenters. The molecular formula is C9H10BrNO. The summed E-state index contributed by atoms with van der Waals surface area (Å²) in [4.78, 5) is 0. The van der Waals surface area contributed by atoms with Gasteiger partial charge in [0.15, 0.2) is 0 Å². The maximum Gasteiger partial charge on any atom is 0.130 e. The predicted molar refractivity (Wildman–Crippen MR) is 51.1 cm³/mol. The summed E-state index contributed by atoms with van der Waals surface area (Å²) in [6.07, 6.45) is 2.01. The molecule has 1 aliphatic carbocycles. The molecule has 0 aliphatic heterocycles. The van der Waals surface area contributed by atoms with E-state index in [0.29, 0.717) is 0 Å². The van der Waals surface area contributed by atoms with E-state index in [1.165, 1.54) is 5.56 Å². The molecule has 1 atom stereocenters. The third-order valence-corrected chi connectivity index (χ3v) is 3.18. The maximum absolute atomic E-state index is 9.40. The van der Waals surface area contributed by atoms with E-state index in [2.05, 4.69) is 15.9 Å². The van der Waals surface area contributed by atoms with Crippen LogP contribution in [0.4, 0.5) is 0 Å². The van der Waals surface area contributed by atoms with Crippen LogP contribution in [0.2, 0.25) is 0 Å². The molecule has 0 amide bonds. The fourth-order valence-electron chi connectivity index (χ4n) is 1.70. The van der Waals surface area contributed by atoms with E-state index in [0.717, 1.165) is 22.9 Å². The van der Waals surface area contributed by atoms with Crippen molar-refractivity contribution in [2.45, 2.75) is 18.9 Å². The van der Waals surface area contributed by atoms with Gasteiger partial charge in [0.05, 0.1) is 4.47 Å². The molecule has 1 aliphatic rings. The normalized spacial score (nSPS) is 21.0. The molecule has 3 heteroatoms. The first-order chi connectivity index (χ1) is 5.70. The van der Waals surface area contributed by atoms with Crippen molar-refractivity contribution < 1.29 is 5.11 Å². The van der Waals surface area contributed by atoms with E-state index in [1.807, 2.05) is 6.07 Å². The molecule has 1 aromatic carbocycles. The van der Waals surface area contributed by atoms with Crippen molar-refractivity contribution in [2.75, 3.05) is 0 Å². The number of aryl methyl sites for hydroxylation is 1. The van der Waals surface area contributed by atoms with Crippen molar-refractivity contribution in [2.24, 2.45) is 5.73 Å². The molecule has 0 heterocycles. The van der Waals surface area contributed by atoms with Gasteiger partial charge in [-0.25, -0.2) is 0 Å². The highest BCUT2D eigenvalue weighted by molar-refractivity contribution is 9.10. The summed E-state index contributed by atoms with van der Waals surface area (Å²) in [5.41, 5.74) is 8.21. The molecule has 0 bridgehead atoms.